The van der Waals surface area contributed by atoms with Crippen LogP contribution in [0.25, 0.3) is 10.1 Å². The maximum absolute atomic E-state index is 12.6. The van der Waals surface area contributed by atoms with E-state index in [1.807, 2.05) is 0 Å². The fourth-order valence-electron chi connectivity index (χ4n) is 4.69. The Morgan fingerprint density at radius 1 is 1.20 bits per heavy atom. The third kappa shape index (κ3) is 3.86. The average molecular weight is 379 g/mol. The summed E-state index contributed by atoms with van der Waals surface area (Å²) in [6.07, 6.45) is 6.61. The van der Waals surface area contributed by atoms with Crippen molar-refractivity contribution in [1.29, 1.82) is 0 Å². The van der Waals surface area contributed by atoms with Gasteiger partial charge in [-0.3, -0.25) is 4.79 Å². The smallest absolute Gasteiger partial charge is 0.223 e. The summed E-state index contributed by atoms with van der Waals surface area (Å²) in [5, 5.41) is 6.74. The molecule has 2 saturated carbocycles. The van der Waals surface area contributed by atoms with Gasteiger partial charge in [-0.2, -0.15) is 0 Å². The Balaban J connectivity index is 0.00000182. The monoisotopic (exact) mass is 378 g/mol. The molecule has 136 valence electrons. The first-order valence-electron chi connectivity index (χ1n) is 9.21. The molecule has 4 rings (SSSR count). The van der Waals surface area contributed by atoms with Crippen LogP contribution in [0.4, 0.5) is 0 Å². The quantitative estimate of drug-likeness (QED) is 0.840. The van der Waals surface area contributed by atoms with E-state index in [1.165, 1.54) is 34.9 Å². The Morgan fingerprint density at radius 2 is 1.92 bits per heavy atom. The largest absolute Gasteiger partial charge is 0.356 e. The zero-order valence-electron chi connectivity index (χ0n) is 14.4. The van der Waals surface area contributed by atoms with Gasteiger partial charge >= 0.3 is 0 Å². The predicted molar refractivity (Wildman–Crippen MR) is 107 cm³/mol. The second-order valence-electron chi connectivity index (χ2n) is 7.49. The highest BCUT2D eigenvalue weighted by Gasteiger charge is 2.40. The number of carbonyl (C=O) groups is 1. The second kappa shape index (κ2) is 8.07. The minimum Gasteiger partial charge on any atom is -0.356 e. The molecular formula is C20H27ClN2OS. The Kier molecular flexibility index (Phi) is 6.03. The number of nitrogens with two attached hydrogens (primary N) is 1. The van der Waals surface area contributed by atoms with Crippen LogP contribution in [0.5, 0.6) is 0 Å². The van der Waals surface area contributed by atoms with Gasteiger partial charge in [-0.25, -0.2) is 0 Å². The molecule has 5 heteroatoms. The summed E-state index contributed by atoms with van der Waals surface area (Å²) >= 11 is 1.79. The molecule has 3 nitrogen and oxygen atoms in total. The van der Waals surface area contributed by atoms with Gasteiger partial charge in [0.1, 0.15) is 0 Å². The van der Waals surface area contributed by atoms with E-state index in [-0.39, 0.29) is 24.2 Å². The van der Waals surface area contributed by atoms with Gasteiger partial charge in [-0.05, 0) is 66.3 Å². The summed E-state index contributed by atoms with van der Waals surface area (Å²) in [6, 6.07) is 8.83. The lowest BCUT2D eigenvalue weighted by Gasteiger charge is -2.43. The van der Waals surface area contributed by atoms with Crippen LogP contribution in [-0.4, -0.2) is 18.5 Å². The maximum Gasteiger partial charge on any atom is 0.223 e. The van der Waals surface area contributed by atoms with E-state index < -0.39 is 0 Å². The zero-order valence-corrected chi connectivity index (χ0v) is 16.1. The first kappa shape index (κ1) is 18.7. The topological polar surface area (TPSA) is 55.1 Å². The number of fused-ring (bicyclic) bond motifs is 3. The van der Waals surface area contributed by atoms with Gasteiger partial charge in [0, 0.05) is 23.2 Å². The van der Waals surface area contributed by atoms with Crippen molar-refractivity contribution in [2.75, 3.05) is 6.54 Å². The van der Waals surface area contributed by atoms with E-state index in [0.717, 1.165) is 25.8 Å². The fourth-order valence-corrected chi connectivity index (χ4v) is 5.69. The molecule has 0 saturated heterocycles. The standard InChI is InChI=1S/C20H26N2OS.ClH/c21-19-13-4-3-5-14(19)11-16(10-13)20(23)22-9-8-15-12-24-18-7-2-1-6-17(15)18;/h1-2,6-7,12-14,16,19H,3-5,8-11,21H2,(H,22,23);1H. The van der Waals surface area contributed by atoms with Crippen molar-refractivity contribution >= 4 is 39.7 Å². The molecule has 2 atom stereocenters. The average Bonchev–Trinajstić information content (AvgIpc) is 2.98. The third-order valence-corrected chi connectivity index (χ3v) is 7.05. The Labute approximate surface area is 159 Å². The van der Waals surface area contributed by atoms with E-state index in [9.17, 15) is 4.79 Å². The summed E-state index contributed by atoms with van der Waals surface area (Å²) in [5.74, 6) is 1.56. The lowest BCUT2D eigenvalue weighted by atomic mass is 9.65. The molecule has 1 heterocycles. The number of rotatable bonds is 4. The van der Waals surface area contributed by atoms with E-state index in [4.69, 9.17) is 5.73 Å². The lowest BCUT2D eigenvalue weighted by molar-refractivity contribution is -0.127. The molecule has 3 N–H and O–H groups in total. The molecular weight excluding hydrogens is 352 g/mol. The minimum atomic E-state index is 0. The first-order valence-corrected chi connectivity index (χ1v) is 10.1. The highest BCUT2D eigenvalue weighted by atomic mass is 35.5. The molecule has 2 unspecified atom stereocenters. The molecule has 2 aliphatic carbocycles. The summed E-state index contributed by atoms with van der Waals surface area (Å²) in [5.41, 5.74) is 7.68. The van der Waals surface area contributed by atoms with Crippen molar-refractivity contribution in [1.82, 2.24) is 5.32 Å². The summed E-state index contributed by atoms with van der Waals surface area (Å²) in [4.78, 5) is 12.6. The van der Waals surface area contributed by atoms with Gasteiger partial charge in [-0.15, -0.1) is 23.7 Å². The van der Waals surface area contributed by atoms with Gasteiger partial charge in [0.05, 0.1) is 0 Å². The van der Waals surface area contributed by atoms with Crippen LogP contribution in [0.2, 0.25) is 0 Å². The van der Waals surface area contributed by atoms with Crippen LogP contribution in [0.3, 0.4) is 0 Å². The van der Waals surface area contributed by atoms with E-state index in [1.54, 1.807) is 11.3 Å². The fraction of sp³-hybridized carbons (Fsp3) is 0.550. The molecule has 1 aromatic carbocycles. The van der Waals surface area contributed by atoms with Crippen molar-refractivity contribution in [3.05, 3.63) is 35.2 Å². The molecule has 1 amide bonds. The van der Waals surface area contributed by atoms with Gasteiger partial charge in [0.15, 0.2) is 0 Å². The molecule has 0 aliphatic heterocycles. The van der Waals surface area contributed by atoms with Crippen LogP contribution >= 0.6 is 23.7 Å². The van der Waals surface area contributed by atoms with Crippen molar-refractivity contribution in [3.63, 3.8) is 0 Å². The molecule has 2 aliphatic rings. The zero-order chi connectivity index (χ0) is 16.5. The van der Waals surface area contributed by atoms with Gasteiger partial charge in [0.25, 0.3) is 0 Å². The Hall–Kier alpha value is -1.10. The molecule has 25 heavy (non-hydrogen) atoms. The van der Waals surface area contributed by atoms with Crippen LogP contribution in [0, 0.1) is 17.8 Å². The van der Waals surface area contributed by atoms with Crippen LogP contribution < -0.4 is 11.1 Å². The summed E-state index contributed by atoms with van der Waals surface area (Å²) < 4.78 is 1.33. The molecule has 2 bridgehead atoms. The van der Waals surface area contributed by atoms with E-state index in [0.29, 0.717) is 17.9 Å². The van der Waals surface area contributed by atoms with Crippen LogP contribution in [0.15, 0.2) is 29.6 Å². The predicted octanol–water partition coefficient (Wildman–Crippen LogP) is 4.14. The second-order valence-corrected chi connectivity index (χ2v) is 8.41. The number of carbonyl (C=O) groups excluding carboxylic acids is 1. The Morgan fingerprint density at radius 3 is 2.68 bits per heavy atom. The number of thiophene rings is 1. The SMILES string of the molecule is Cl.NC1C2CCCC1CC(C(=O)NCCc1csc3ccccc13)C2. The number of hydrogen-bond acceptors (Lipinski definition) is 3. The van der Waals surface area contributed by atoms with E-state index in [2.05, 4.69) is 35.0 Å². The van der Waals surface area contributed by atoms with Gasteiger partial charge in [0.2, 0.25) is 5.91 Å². The minimum absolute atomic E-state index is 0. The Bertz CT molecular complexity index is 717. The molecule has 1 aromatic heterocycles. The summed E-state index contributed by atoms with van der Waals surface area (Å²) in [7, 11) is 0. The van der Waals surface area contributed by atoms with E-state index >= 15 is 0 Å². The first-order chi connectivity index (χ1) is 11.7. The summed E-state index contributed by atoms with van der Waals surface area (Å²) in [6.45, 7) is 0.734. The number of nitrogens with one attached hydrogen (secondary N) is 1. The van der Waals surface area contributed by atoms with Crippen molar-refractivity contribution in [3.8, 4) is 0 Å². The normalized spacial score (nSPS) is 28.4. The third-order valence-electron chi connectivity index (χ3n) is 6.04. The number of benzene rings is 1. The molecule has 0 spiro atoms. The maximum atomic E-state index is 12.6. The van der Waals surface area contributed by atoms with Gasteiger partial charge < -0.3 is 11.1 Å². The lowest BCUT2D eigenvalue weighted by Crippen LogP contribution is -2.49. The van der Waals surface area contributed by atoms with Crippen LogP contribution in [0.1, 0.15) is 37.7 Å². The van der Waals surface area contributed by atoms with Crippen molar-refractivity contribution < 1.29 is 4.79 Å². The highest BCUT2D eigenvalue weighted by Crippen LogP contribution is 2.41. The number of halogens is 1. The number of hydrogen-bond donors (Lipinski definition) is 2. The molecule has 2 fully saturated rings. The molecule has 0 radical (unpaired) electrons. The molecule has 2 aromatic rings. The van der Waals surface area contributed by atoms with Gasteiger partial charge in [-0.1, -0.05) is 24.6 Å². The van der Waals surface area contributed by atoms with Crippen molar-refractivity contribution in [2.45, 2.75) is 44.6 Å². The number of amides is 1. The highest BCUT2D eigenvalue weighted by molar-refractivity contribution is 7.17. The van der Waals surface area contributed by atoms with Crippen LogP contribution in [-0.2, 0) is 11.2 Å². The van der Waals surface area contributed by atoms with Crippen molar-refractivity contribution in [2.24, 2.45) is 23.5 Å².